The van der Waals surface area contributed by atoms with Gasteiger partial charge in [-0.2, -0.15) is 0 Å². The molecular weight excluding hydrogens is 194 g/mol. The van der Waals surface area contributed by atoms with Crippen molar-refractivity contribution in [3.8, 4) is 5.75 Å². The molecule has 0 unspecified atom stereocenters. The third kappa shape index (κ3) is 3.09. The van der Waals surface area contributed by atoms with Crippen LogP contribution in [-0.2, 0) is 16.0 Å². The van der Waals surface area contributed by atoms with Gasteiger partial charge in [-0.3, -0.25) is 4.79 Å². The zero-order valence-corrected chi connectivity index (χ0v) is 8.49. The average molecular weight is 207 g/mol. The molecule has 15 heavy (non-hydrogen) atoms. The zero-order chi connectivity index (χ0) is 11.3. The monoisotopic (exact) mass is 207 g/mol. The van der Waals surface area contributed by atoms with Crippen molar-refractivity contribution in [3.05, 3.63) is 23.8 Å². The maximum atomic E-state index is 10.9. The normalized spacial score (nSPS) is 9.67. The van der Waals surface area contributed by atoms with Crippen molar-refractivity contribution in [3.63, 3.8) is 0 Å². The van der Waals surface area contributed by atoms with Crippen molar-refractivity contribution < 1.29 is 14.7 Å². The van der Waals surface area contributed by atoms with Gasteiger partial charge in [-0.1, -0.05) is 12.1 Å². The Labute approximate surface area is 87.9 Å². The Balaban J connectivity index is 2.96. The predicted molar refractivity (Wildman–Crippen MR) is 56.8 cm³/mol. The van der Waals surface area contributed by atoms with Crippen LogP contribution in [0.25, 0.3) is 0 Å². The van der Waals surface area contributed by atoms with E-state index in [0.29, 0.717) is 18.5 Å². The number of hydrogen-bond donors (Lipinski definition) is 2. The summed E-state index contributed by atoms with van der Waals surface area (Å²) in [6.45, 7) is 1.37. The van der Waals surface area contributed by atoms with Crippen LogP contribution in [0, 0.1) is 0 Å². The van der Waals surface area contributed by atoms with Gasteiger partial charge < -0.3 is 15.2 Å². The summed E-state index contributed by atoms with van der Waals surface area (Å²) in [4.78, 5) is 21.1. The molecule has 1 aromatic carbocycles. The molecule has 0 aliphatic heterocycles. The van der Waals surface area contributed by atoms with Crippen LogP contribution in [0.5, 0.6) is 5.75 Å². The van der Waals surface area contributed by atoms with Crippen LogP contribution in [0.4, 0.5) is 5.69 Å². The molecule has 0 bridgehead atoms. The number of carbonyl (C=O) groups is 2. The van der Waals surface area contributed by atoms with Crippen LogP contribution >= 0.6 is 0 Å². The molecule has 0 aromatic heterocycles. The highest BCUT2D eigenvalue weighted by Gasteiger charge is 2.08. The first kappa shape index (κ1) is 11.2. The lowest BCUT2D eigenvalue weighted by Crippen LogP contribution is -2.08. The van der Waals surface area contributed by atoms with Gasteiger partial charge in [-0.15, -0.1) is 0 Å². The standard InChI is InChI=1S/C11H13NO3/c1-8(14)12-11-9(5-3-7-13)4-2-6-10(11)15/h2,4,6-7,15H,3,5H2,1H3,(H,12,14). The molecule has 4 nitrogen and oxygen atoms in total. The van der Waals surface area contributed by atoms with E-state index in [2.05, 4.69) is 5.32 Å². The summed E-state index contributed by atoms with van der Waals surface area (Å²) in [5, 5.41) is 12.1. The Morgan fingerprint density at radius 1 is 1.53 bits per heavy atom. The predicted octanol–water partition coefficient (Wildman–Crippen LogP) is 1.48. The van der Waals surface area contributed by atoms with Crippen molar-refractivity contribution in [2.24, 2.45) is 0 Å². The molecule has 1 amide bonds. The van der Waals surface area contributed by atoms with E-state index in [1.807, 2.05) is 0 Å². The van der Waals surface area contributed by atoms with Gasteiger partial charge in [0.1, 0.15) is 12.0 Å². The first-order valence-electron chi connectivity index (χ1n) is 4.67. The highest BCUT2D eigenvalue weighted by Crippen LogP contribution is 2.27. The Kier molecular flexibility index (Phi) is 3.85. The second kappa shape index (κ2) is 5.14. The third-order valence-corrected chi connectivity index (χ3v) is 1.96. The van der Waals surface area contributed by atoms with Crippen LogP contribution in [0.15, 0.2) is 18.2 Å². The van der Waals surface area contributed by atoms with Crippen molar-refractivity contribution in [2.75, 3.05) is 5.32 Å². The number of anilines is 1. The molecule has 0 heterocycles. The second-order valence-electron chi connectivity index (χ2n) is 3.20. The lowest BCUT2D eigenvalue weighted by molar-refractivity contribution is -0.114. The van der Waals surface area contributed by atoms with Crippen molar-refractivity contribution in [1.82, 2.24) is 0 Å². The minimum absolute atomic E-state index is 0.0219. The van der Waals surface area contributed by atoms with E-state index in [-0.39, 0.29) is 11.7 Å². The summed E-state index contributed by atoms with van der Waals surface area (Å²) in [6, 6.07) is 4.95. The van der Waals surface area contributed by atoms with E-state index >= 15 is 0 Å². The maximum Gasteiger partial charge on any atom is 0.221 e. The summed E-state index contributed by atoms with van der Waals surface area (Å²) < 4.78 is 0. The molecule has 80 valence electrons. The number of aromatic hydroxyl groups is 1. The highest BCUT2D eigenvalue weighted by atomic mass is 16.3. The van der Waals surface area contributed by atoms with Gasteiger partial charge in [0, 0.05) is 13.3 Å². The summed E-state index contributed by atoms with van der Waals surface area (Å²) in [7, 11) is 0. The van der Waals surface area contributed by atoms with Crippen molar-refractivity contribution in [1.29, 1.82) is 0 Å². The number of amides is 1. The van der Waals surface area contributed by atoms with Crippen molar-refractivity contribution in [2.45, 2.75) is 19.8 Å². The first-order valence-corrected chi connectivity index (χ1v) is 4.67. The number of para-hydroxylation sites is 1. The molecule has 0 spiro atoms. The number of phenols is 1. The zero-order valence-electron chi connectivity index (χ0n) is 8.49. The molecule has 1 aromatic rings. The molecule has 1 rings (SSSR count). The molecule has 0 fully saturated rings. The van der Waals surface area contributed by atoms with E-state index in [1.54, 1.807) is 12.1 Å². The van der Waals surface area contributed by atoms with Gasteiger partial charge in [-0.05, 0) is 18.1 Å². The van der Waals surface area contributed by atoms with E-state index in [9.17, 15) is 14.7 Å². The second-order valence-corrected chi connectivity index (χ2v) is 3.20. The van der Waals surface area contributed by atoms with Crippen LogP contribution < -0.4 is 5.32 Å². The number of benzene rings is 1. The number of rotatable bonds is 4. The van der Waals surface area contributed by atoms with Crippen LogP contribution in [0.2, 0.25) is 0 Å². The molecule has 2 N–H and O–H groups in total. The van der Waals surface area contributed by atoms with Crippen LogP contribution in [-0.4, -0.2) is 17.3 Å². The smallest absolute Gasteiger partial charge is 0.221 e. The van der Waals surface area contributed by atoms with Gasteiger partial charge >= 0.3 is 0 Å². The largest absolute Gasteiger partial charge is 0.506 e. The van der Waals surface area contributed by atoms with E-state index in [4.69, 9.17) is 0 Å². The van der Waals surface area contributed by atoms with Gasteiger partial charge in [0.2, 0.25) is 5.91 Å². The number of aryl methyl sites for hydroxylation is 1. The Morgan fingerprint density at radius 2 is 2.27 bits per heavy atom. The van der Waals surface area contributed by atoms with Crippen LogP contribution in [0.1, 0.15) is 18.9 Å². The molecule has 0 radical (unpaired) electrons. The minimum Gasteiger partial charge on any atom is -0.506 e. The van der Waals surface area contributed by atoms with Crippen LogP contribution in [0.3, 0.4) is 0 Å². The lowest BCUT2D eigenvalue weighted by Gasteiger charge is -2.10. The maximum absolute atomic E-state index is 10.9. The fourth-order valence-corrected chi connectivity index (χ4v) is 1.33. The number of phenolic OH excluding ortho intramolecular Hbond substituents is 1. The topological polar surface area (TPSA) is 66.4 Å². The fourth-order valence-electron chi connectivity index (χ4n) is 1.33. The third-order valence-electron chi connectivity index (χ3n) is 1.96. The van der Waals surface area contributed by atoms with Crippen molar-refractivity contribution >= 4 is 17.9 Å². The number of aldehydes is 1. The van der Waals surface area contributed by atoms with Gasteiger partial charge in [0.15, 0.2) is 0 Å². The van der Waals surface area contributed by atoms with E-state index in [1.165, 1.54) is 13.0 Å². The Morgan fingerprint density at radius 3 is 2.87 bits per heavy atom. The summed E-state index contributed by atoms with van der Waals surface area (Å²) in [5.74, 6) is -0.225. The number of nitrogens with one attached hydrogen (secondary N) is 1. The van der Waals surface area contributed by atoms with E-state index < -0.39 is 0 Å². The Hall–Kier alpha value is -1.84. The quantitative estimate of drug-likeness (QED) is 0.580. The van der Waals surface area contributed by atoms with Gasteiger partial charge in [0.25, 0.3) is 0 Å². The number of hydrogen-bond acceptors (Lipinski definition) is 3. The van der Waals surface area contributed by atoms with Gasteiger partial charge in [0.05, 0.1) is 5.69 Å². The molecule has 0 saturated carbocycles. The van der Waals surface area contributed by atoms with Gasteiger partial charge in [-0.25, -0.2) is 0 Å². The minimum atomic E-state index is -0.246. The highest BCUT2D eigenvalue weighted by molar-refractivity contribution is 5.91. The molecule has 0 aliphatic carbocycles. The summed E-state index contributed by atoms with van der Waals surface area (Å²) >= 11 is 0. The summed E-state index contributed by atoms with van der Waals surface area (Å²) in [5.41, 5.74) is 1.16. The first-order chi connectivity index (χ1) is 7.15. The number of carbonyl (C=O) groups excluding carboxylic acids is 2. The molecule has 0 atom stereocenters. The molecular formula is C11H13NO3. The fraction of sp³-hybridized carbons (Fsp3) is 0.273. The lowest BCUT2D eigenvalue weighted by atomic mass is 10.1. The Bertz CT molecular complexity index is 374. The molecule has 4 heteroatoms. The molecule has 0 aliphatic rings. The van der Waals surface area contributed by atoms with E-state index in [0.717, 1.165) is 11.8 Å². The summed E-state index contributed by atoms with van der Waals surface area (Å²) in [6.07, 6.45) is 1.69. The average Bonchev–Trinajstić information content (AvgIpc) is 2.18. The molecule has 0 saturated heterocycles. The SMILES string of the molecule is CC(=O)Nc1c(O)cccc1CCC=O.